The molecule has 10 heteroatoms. The molecule has 1 aliphatic rings. The number of carbonyl (C=O) groups is 2. The predicted molar refractivity (Wildman–Crippen MR) is 105 cm³/mol. The maximum atomic E-state index is 13.2. The SMILES string of the molecule is CCN(c1cc(OC)c(OC)cc1C(=O)N1CCC(C(N)=O)CC1)S(C)(=O)=O. The smallest absolute Gasteiger partial charge is 0.256 e. The number of hydrogen-bond acceptors (Lipinski definition) is 6. The minimum atomic E-state index is -3.61. The van der Waals surface area contributed by atoms with Gasteiger partial charge in [0, 0.05) is 31.6 Å². The van der Waals surface area contributed by atoms with E-state index in [9.17, 15) is 18.0 Å². The molecule has 0 aromatic heterocycles. The number of nitrogens with two attached hydrogens (primary N) is 1. The van der Waals surface area contributed by atoms with E-state index in [-0.39, 0.29) is 35.5 Å². The zero-order valence-corrected chi connectivity index (χ0v) is 17.4. The van der Waals surface area contributed by atoms with E-state index in [1.807, 2.05) is 0 Å². The Bertz CT molecular complexity index is 847. The fourth-order valence-electron chi connectivity index (χ4n) is 3.37. The minimum absolute atomic E-state index is 0.151. The summed E-state index contributed by atoms with van der Waals surface area (Å²) >= 11 is 0. The average Bonchev–Trinajstić information content (AvgIpc) is 2.66. The summed E-state index contributed by atoms with van der Waals surface area (Å²) in [4.78, 5) is 26.2. The van der Waals surface area contributed by atoms with Crippen molar-refractivity contribution in [1.82, 2.24) is 4.90 Å². The van der Waals surface area contributed by atoms with Crippen molar-refractivity contribution in [3.63, 3.8) is 0 Å². The number of carbonyl (C=O) groups excluding carboxylic acids is 2. The number of methoxy groups -OCH3 is 2. The van der Waals surface area contributed by atoms with E-state index in [4.69, 9.17) is 15.2 Å². The number of hydrogen-bond donors (Lipinski definition) is 1. The molecule has 0 spiro atoms. The van der Waals surface area contributed by atoms with Crippen molar-refractivity contribution in [3.8, 4) is 11.5 Å². The lowest BCUT2D eigenvalue weighted by atomic mass is 9.95. The number of likely N-dealkylation sites (tertiary alicyclic amines) is 1. The van der Waals surface area contributed by atoms with Crippen LogP contribution < -0.4 is 19.5 Å². The number of benzene rings is 1. The number of ether oxygens (including phenoxy) is 2. The average molecular weight is 413 g/mol. The number of primary amides is 1. The summed E-state index contributed by atoms with van der Waals surface area (Å²) in [5.74, 6) is -0.305. The van der Waals surface area contributed by atoms with E-state index in [2.05, 4.69) is 0 Å². The van der Waals surface area contributed by atoms with Gasteiger partial charge in [-0.05, 0) is 25.8 Å². The molecule has 1 fully saturated rings. The van der Waals surface area contributed by atoms with Gasteiger partial charge in [0.25, 0.3) is 5.91 Å². The van der Waals surface area contributed by atoms with Crippen LogP contribution in [0.2, 0.25) is 0 Å². The normalized spacial score (nSPS) is 15.2. The Morgan fingerprint density at radius 2 is 1.71 bits per heavy atom. The van der Waals surface area contributed by atoms with Crippen LogP contribution in [0.3, 0.4) is 0 Å². The van der Waals surface area contributed by atoms with Crippen LogP contribution in [0.1, 0.15) is 30.1 Å². The molecule has 0 bridgehead atoms. The first-order valence-corrected chi connectivity index (χ1v) is 10.8. The van der Waals surface area contributed by atoms with Gasteiger partial charge >= 0.3 is 0 Å². The lowest BCUT2D eigenvalue weighted by Crippen LogP contribution is -2.42. The van der Waals surface area contributed by atoms with Crippen LogP contribution in [-0.4, -0.2) is 65.2 Å². The van der Waals surface area contributed by atoms with Crippen molar-refractivity contribution in [2.24, 2.45) is 11.7 Å². The number of sulfonamides is 1. The molecule has 1 aliphatic heterocycles. The Labute approximate surface area is 165 Å². The fourth-order valence-corrected chi connectivity index (χ4v) is 4.34. The van der Waals surface area contributed by atoms with Gasteiger partial charge < -0.3 is 20.1 Å². The third kappa shape index (κ3) is 4.49. The molecule has 1 saturated heterocycles. The fraction of sp³-hybridized carbons (Fsp3) is 0.556. The van der Waals surface area contributed by atoms with Gasteiger partial charge in [0.15, 0.2) is 11.5 Å². The molecular formula is C18H27N3O6S. The van der Waals surface area contributed by atoms with Crippen LogP contribution in [0, 0.1) is 5.92 Å². The van der Waals surface area contributed by atoms with Crippen LogP contribution in [0.25, 0.3) is 0 Å². The summed E-state index contributed by atoms with van der Waals surface area (Å²) in [6, 6.07) is 2.98. The van der Waals surface area contributed by atoms with E-state index >= 15 is 0 Å². The second-order valence-electron chi connectivity index (χ2n) is 6.62. The van der Waals surface area contributed by atoms with Gasteiger partial charge in [-0.2, -0.15) is 0 Å². The third-order valence-electron chi connectivity index (χ3n) is 4.87. The molecule has 9 nitrogen and oxygen atoms in total. The van der Waals surface area contributed by atoms with Crippen LogP contribution in [0.5, 0.6) is 11.5 Å². The van der Waals surface area contributed by atoms with E-state index in [0.29, 0.717) is 37.4 Å². The molecule has 156 valence electrons. The van der Waals surface area contributed by atoms with Gasteiger partial charge in [-0.25, -0.2) is 8.42 Å². The number of nitrogens with zero attached hydrogens (tertiary/aromatic N) is 2. The zero-order chi connectivity index (χ0) is 21.1. The van der Waals surface area contributed by atoms with E-state index in [0.717, 1.165) is 10.6 Å². The predicted octanol–water partition coefficient (Wildman–Crippen LogP) is 0.827. The van der Waals surface area contributed by atoms with Gasteiger partial charge in [-0.1, -0.05) is 0 Å². The molecule has 2 rings (SSSR count). The van der Waals surface area contributed by atoms with Crippen LogP contribution >= 0.6 is 0 Å². The molecule has 2 amide bonds. The molecule has 0 aliphatic carbocycles. The quantitative estimate of drug-likeness (QED) is 0.707. The second kappa shape index (κ2) is 8.68. The monoisotopic (exact) mass is 413 g/mol. The Hall–Kier alpha value is -2.49. The van der Waals surface area contributed by atoms with Gasteiger partial charge in [0.1, 0.15) is 0 Å². The Morgan fingerprint density at radius 1 is 1.18 bits per heavy atom. The summed E-state index contributed by atoms with van der Waals surface area (Å²) in [5.41, 5.74) is 5.78. The Morgan fingerprint density at radius 3 is 2.14 bits per heavy atom. The lowest BCUT2D eigenvalue weighted by molar-refractivity contribution is -0.123. The molecule has 0 unspecified atom stereocenters. The Kier molecular flexibility index (Phi) is 6.76. The molecule has 2 N–H and O–H groups in total. The maximum Gasteiger partial charge on any atom is 0.256 e. The minimum Gasteiger partial charge on any atom is -0.493 e. The van der Waals surface area contributed by atoms with Crippen LogP contribution in [0.4, 0.5) is 5.69 Å². The van der Waals surface area contributed by atoms with Crippen molar-refractivity contribution in [2.75, 3.05) is 44.4 Å². The summed E-state index contributed by atoms with van der Waals surface area (Å²) < 4.78 is 36.3. The molecule has 0 radical (unpaired) electrons. The molecule has 0 atom stereocenters. The highest BCUT2D eigenvalue weighted by Gasteiger charge is 2.31. The lowest BCUT2D eigenvalue weighted by Gasteiger charge is -2.32. The van der Waals surface area contributed by atoms with Gasteiger partial charge in [0.2, 0.25) is 15.9 Å². The first-order chi connectivity index (χ1) is 13.1. The van der Waals surface area contributed by atoms with Crippen molar-refractivity contribution in [3.05, 3.63) is 17.7 Å². The highest BCUT2D eigenvalue weighted by atomic mass is 32.2. The van der Waals surface area contributed by atoms with Gasteiger partial charge in [0.05, 0.1) is 31.7 Å². The first-order valence-electron chi connectivity index (χ1n) is 8.96. The Balaban J connectivity index is 2.49. The number of piperidine rings is 1. The van der Waals surface area contributed by atoms with E-state index < -0.39 is 10.0 Å². The highest BCUT2D eigenvalue weighted by Crippen LogP contribution is 2.37. The van der Waals surface area contributed by atoms with Gasteiger partial charge in [-0.15, -0.1) is 0 Å². The largest absolute Gasteiger partial charge is 0.493 e. The first kappa shape index (κ1) is 21.8. The third-order valence-corrected chi connectivity index (χ3v) is 6.13. The summed E-state index contributed by atoms with van der Waals surface area (Å²) in [5, 5.41) is 0. The summed E-state index contributed by atoms with van der Waals surface area (Å²) in [6.45, 7) is 2.57. The number of anilines is 1. The second-order valence-corrected chi connectivity index (χ2v) is 8.53. The number of rotatable bonds is 7. The molecular weight excluding hydrogens is 386 g/mol. The molecule has 28 heavy (non-hydrogen) atoms. The van der Waals surface area contributed by atoms with Crippen LogP contribution in [0.15, 0.2) is 12.1 Å². The maximum absolute atomic E-state index is 13.2. The summed E-state index contributed by atoms with van der Waals surface area (Å²) in [6.07, 6.45) is 2.04. The highest BCUT2D eigenvalue weighted by molar-refractivity contribution is 7.92. The van der Waals surface area contributed by atoms with Crippen molar-refractivity contribution >= 4 is 27.5 Å². The topological polar surface area (TPSA) is 119 Å². The van der Waals surface area contributed by atoms with Crippen molar-refractivity contribution < 1.29 is 27.5 Å². The molecule has 1 aromatic carbocycles. The van der Waals surface area contributed by atoms with E-state index in [1.165, 1.54) is 26.4 Å². The summed E-state index contributed by atoms with van der Waals surface area (Å²) in [7, 11) is -0.733. The molecule has 1 aromatic rings. The van der Waals surface area contributed by atoms with Gasteiger partial charge in [-0.3, -0.25) is 13.9 Å². The number of amides is 2. The van der Waals surface area contributed by atoms with Crippen molar-refractivity contribution in [1.29, 1.82) is 0 Å². The molecule has 1 heterocycles. The molecule has 0 saturated carbocycles. The van der Waals surface area contributed by atoms with Crippen molar-refractivity contribution in [2.45, 2.75) is 19.8 Å². The van der Waals surface area contributed by atoms with Crippen LogP contribution in [-0.2, 0) is 14.8 Å². The van der Waals surface area contributed by atoms with E-state index in [1.54, 1.807) is 11.8 Å². The standard InChI is InChI=1S/C18H27N3O6S/c1-5-21(28(4,24)25)14-11-16(27-3)15(26-2)10-13(14)18(23)20-8-6-12(7-9-20)17(19)22/h10-12H,5-9H2,1-4H3,(H2,19,22). The zero-order valence-electron chi connectivity index (χ0n) is 16.6.